The van der Waals surface area contributed by atoms with E-state index in [-0.39, 0.29) is 10.4 Å². The van der Waals surface area contributed by atoms with E-state index in [1.54, 1.807) is 23.9 Å². The van der Waals surface area contributed by atoms with Crippen molar-refractivity contribution in [3.05, 3.63) is 34.7 Å². The van der Waals surface area contributed by atoms with E-state index < -0.39 is 5.82 Å². The minimum absolute atomic E-state index is 0.0323. The number of hydrogen-bond acceptors (Lipinski definition) is 2. The van der Waals surface area contributed by atoms with Gasteiger partial charge in [-0.1, -0.05) is 44.5 Å². The van der Waals surface area contributed by atoms with Crippen LogP contribution in [-0.2, 0) is 13.5 Å². The molecule has 3 nitrogen and oxygen atoms in total. The predicted octanol–water partition coefficient (Wildman–Crippen LogP) is 4.05. The summed E-state index contributed by atoms with van der Waals surface area (Å²) in [5.41, 5.74) is 7.93. The van der Waals surface area contributed by atoms with Crippen molar-refractivity contribution >= 4 is 17.4 Å². The molecule has 0 saturated carbocycles. The number of aryl methyl sites for hydroxylation is 1. The molecule has 0 unspecified atom stereocenters. The number of nitrogen functional groups attached to an aromatic ring is 1. The van der Waals surface area contributed by atoms with Gasteiger partial charge in [0, 0.05) is 18.2 Å². The topological polar surface area (TPSA) is 43.8 Å². The first kappa shape index (κ1) is 14.9. The molecule has 1 aromatic heterocycles. The molecule has 1 aromatic carbocycles. The van der Waals surface area contributed by atoms with E-state index in [9.17, 15) is 4.39 Å². The molecule has 0 radical (unpaired) electrons. The summed E-state index contributed by atoms with van der Waals surface area (Å²) >= 11 is 5.87. The van der Waals surface area contributed by atoms with E-state index in [1.165, 1.54) is 6.07 Å². The maximum absolute atomic E-state index is 14.3. The van der Waals surface area contributed by atoms with Gasteiger partial charge < -0.3 is 5.73 Å². The van der Waals surface area contributed by atoms with Gasteiger partial charge in [-0.15, -0.1) is 0 Å². The lowest BCUT2D eigenvalue weighted by atomic mass is 9.88. The Bertz CT molecular complexity index is 641. The molecule has 0 aliphatic carbocycles. The van der Waals surface area contributed by atoms with E-state index in [4.69, 9.17) is 17.3 Å². The van der Waals surface area contributed by atoms with Gasteiger partial charge in [-0.25, -0.2) is 4.39 Å². The smallest absolute Gasteiger partial charge is 0.149 e. The van der Waals surface area contributed by atoms with E-state index in [0.29, 0.717) is 23.4 Å². The standard InChI is InChI=1S/C15H19ClFN3/c1-15(2,3)8-11-12(14(18)20(4)19-11)9-6-5-7-10(16)13(9)17/h5-7H,8,18H2,1-4H3. The Hall–Kier alpha value is -1.55. The highest BCUT2D eigenvalue weighted by Gasteiger charge is 2.23. The summed E-state index contributed by atoms with van der Waals surface area (Å²) in [4.78, 5) is 0. The maximum atomic E-state index is 14.3. The molecular weight excluding hydrogens is 277 g/mol. The van der Waals surface area contributed by atoms with Crippen LogP contribution >= 0.6 is 11.6 Å². The zero-order valence-corrected chi connectivity index (χ0v) is 12.9. The lowest BCUT2D eigenvalue weighted by molar-refractivity contribution is 0.405. The van der Waals surface area contributed by atoms with Crippen LogP contribution in [0.1, 0.15) is 26.5 Å². The summed E-state index contributed by atoms with van der Waals surface area (Å²) in [6, 6.07) is 4.92. The number of nitrogens with zero attached hydrogens (tertiary/aromatic N) is 2. The summed E-state index contributed by atoms with van der Waals surface area (Å²) < 4.78 is 15.8. The molecule has 0 aliphatic rings. The molecule has 0 saturated heterocycles. The third-order valence-corrected chi connectivity index (χ3v) is 3.37. The molecule has 20 heavy (non-hydrogen) atoms. The molecule has 2 N–H and O–H groups in total. The average molecular weight is 296 g/mol. The zero-order valence-electron chi connectivity index (χ0n) is 12.2. The molecule has 0 bridgehead atoms. The second kappa shape index (κ2) is 5.09. The van der Waals surface area contributed by atoms with Gasteiger partial charge in [0.05, 0.1) is 10.7 Å². The first-order valence-corrected chi connectivity index (χ1v) is 6.84. The second-order valence-electron chi connectivity index (χ2n) is 6.17. The molecule has 0 fully saturated rings. The van der Waals surface area contributed by atoms with Crippen molar-refractivity contribution in [2.75, 3.05) is 5.73 Å². The summed E-state index contributed by atoms with van der Waals surface area (Å²) in [6.45, 7) is 6.32. The largest absolute Gasteiger partial charge is 0.383 e. The number of benzene rings is 1. The number of halogens is 2. The van der Waals surface area contributed by atoms with Crippen LogP contribution in [0, 0.1) is 11.2 Å². The molecule has 108 valence electrons. The Morgan fingerprint density at radius 3 is 2.60 bits per heavy atom. The van der Waals surface area contributed by atoms with Crippen molar-refractivity contribution in [3.63, 3.8) is 0 Å². The summed E-state index contributed by atoms with van der Waals surface area (Å²) in [7, 11) is 1.76. The molecule has 0 aliphatic heterocycles. The molecule has 0 spiro atoms. The van der Waals surface area contributed by atoms with Crippen molar-refractivity contribution in [1.29, 1.82) is 0 Å². The van der Waals surface area contributed by atoms with E-state index in [2.05, 4.69) is 25.9 Å². The third-order valence-electron chi connectivity index (χ3n) is 3.08. The fourth-order valence-electron chi connectivity index (χ4n) is 2.21. The van der Waals surface area contributed by atoms with Crippen LogP contribution in [0.25, 0.3) is 11.1 Å². The van der Waals surface area contributed by atoms with Crippen LogP contribution in [0.15, 0.2) is 18.2 Å². The highest BCUT2D eigenvalue weighted by Crippen LogP contribution is 2.36. The van der Waals surface area contributed by atoms with Crippen LogP contribution < -0.4 is 5.73 Å². The first-order chi connectivity index (χ1) is 9.20. The lowest BCUT2D eigenvalue weighted by Crippen LogP contribution is -2.10. The highest BCUT2D eigenvalue weighted by molar-refractivity contribution is 6.31. The normalized spacial score (nSPS) is 11.9. The number of rotatable bonds is 2. The monoisotopic (exact) mass is 295 g/mol. The highest BCUT2D eigenvalue weighted by atomic mass is 35.5. The van der Waals surface area contributed by atoms with E-state index >= 15 is 0 Å². The summed E-state index contributed by atoms with van der Waals surface area (Å²) in [6.07, 6.45) is 0.708. The van der Waals surface area contributed by atoms with Crippen molar-refractivity contribution in [2.24, 2.45) is 12.5 Å². The fraction of sp³-hybridized carbons (Fsp3) is 0.400. The van der Waals surface area contributed by atoms with E-state index in [1.807, 2.05) is 0 Å². The van der Waals surface area contributed by atoms with Crippen molar-refractivity contribution < 1.29 is 4.39 Å². The Kier molecular flexibility index (Phi) is 3.78. The van der Waals surface area contributed by atoms with Gasteiger partial charge in [-0.05, 0) is 17.9 Å². The molecule has 0 amide bonds. The van der Waals surface area contributed by atoms with Crippen LogP contribution in [-0.4, -0.2) is 9.78 Å². The Balaban J connectivity index is 2.64. The van der Waals surface area contributed by atoms with Crippen molar-refractivity contribution in [2.45, 2.75) is 27.2 Å². The molecule has 2 aromatic rings. The third kappa shape index (κ3) is 2.80. The van der Waals surface area contributed by atoms with Gasteiger partial charge in [-0.2, -0.15) is 5.10 Å². The van der Waals surface area contributed by atoms with Crippen LogP contribution in [0.4, 0.5) is 10.2 Å². The van der Waals surface area contributed by atoms with Gasteiger partial charge in [0.1, 0.15) is 11.6 Å². The van der Waals surface area contributed by atoms with Gasteiger partial charge in [0.25, 0.3) is 0 Å². The Morgan fingerprint density at radius 2 is 2.00 bits per heavy atom. The average Bonchev–Trinajstić information content (AvgIpc) is 2.57. The predicted molar refractivity (Wildman–Crippen MR) is 81.2 cm³/mol. The van der Waals surface area contributed by atoms with Gasteiger partial charge in [-0.3, -0.25) is 4.68 Å². The fourth-order valence-corrected chi connectivity index (χ4v) is 2.39. The van der Waals surface area contributed by atoms with Gasteiger partial charge >= 0.3 is 0 Å². The molecular formula is C15H19ClFN3. The number of anilines is 1. The van der Waals surface area contributed by atoms with Gasteiger partial charge in [0.15, 0.2) is 0 Å². The van der Waals surface area contributed by atoms with Crippen molar-refractivity contribution in [3.8, 4) is 11.1 Å². The minimum atomic E-state index is -0.455. The first-order valence-electron chi connectivity index (χ1n) is 6.46. The Morgan fingerprint density at radius 1 is 1.35 bits per heavy atom. The minimum Gasteiger partial charge on any atom is -0.383 e. The van der Waals surface area contributed by atoms with Crippen LogP contribution in [0.5, 0.6) is 0 Å². The molecule has 0 atom stereocenters. The zero-order chi connectivity index (χ0) is 15.1. The summed E-state index contributed by atoms with van der Waals surface area (Å²) in [5, 5.41) is 4.51. The second-order valence-corrected chi connectivity index (χ2v) is 6.58. The maximum Gasteiger partial charge on any atom is 0.149 e. The van der Waals surface area contributed by atoms with Gasteiger partial charge in [0.2, 0.25) is 0 Å². The quantitative estimate of drug-likeness (QED) is 0.908. The van der Waals surface area contributed by atoms with Crippen LogP contribution in [0.2, 0.25) is 5.02 Å². The Labute approximate surface area is 123 Å². The van der Waals surface area contributed by atoms with Crippen LogP contribution in [0.3, 0.4) is 0 Å². The van der Waals surface area contributed by atoms with Crippen molar-refractivity contribution in [1.82, 2.24) is 9.78 Å². The number of nitrogens with two attached hydrogens (primary N) is 1. The SMILES string of the molecule is Cn1nc(CC(C)(C)C)c(-c2cccc(Cl)c2F)c1N. The molecule has 2 rings (SSSR count). The van der Waals surface area contributed by atoms with E-state index in [0.717, 1.165) is 5.69 Å². The number of hydrogen-bond donors (Lipinski definition) is 1. The summed E-state index contributed by atoms with van der Waals surface area (Å²) in [5.74, 6) is -0.00515. The number of aromatic nitrogens is 2. The molecule has 1 heterocycles. The molecule has 5 heteroatoms. The lowest BCUT2D eigenvalue weighted by Gasteiger charge is -2.17.